The van der Waals surface area contributed by atoms with Gasteiger partial charge in [-0.2, -0.15) is 13.2 Å². The van der Waals surface area contributed by atoms with Crippen molar-refractivity contribution in [3.05, 3.63) is 59.4 Å². The van der Waals surface area contributed by atoms with Gasteiger partial charge in [-0.1, -0.05) is 40.3 Å². The number of carbonyl (C=O) groups excluding carboxylic acids is 1. The largest absolute Gasteiger partial charge is 0.487 e. The van der Waals surface area contributed by atoms with Crippen LogP contribution in [0.1, 0.15) is 69.2 Å². The first-order valence-electron chi connectivity index (χ1n) is 10.5. The van der Waals surface area contributed by atoms with Crippen LogP contribution in [0.4, 0.5) is 13.2 Å². The lowest BCUT2D eigenvalue weighted by atomic mass is 9.65. The number of carbonyl (C=O) groups is 1. The third kappa shape index (κ3) is 5.08. The van der Waals surface area contributed by atoms with Crippen molar-refractivity contribution >= 4 is 5.91 Å². The van der Waals surface area contributed by atoms with E-state index in [4.69, 9.17) is 4.74 Å². The van der Waals surface area contributed by atoms with E-state index in [2.05, 4.69) is 25.8 Å². The maximum Gasteiger partial charge on any atom is 0.416 e. The molecule has 0 unspecified atom stereocenters. The third-order valence-corrected chi connectivity index (χ3v) is 6.25. The lowest BCUT2D eigenvalue weighted by Gasteiger charge is -2.39. The Morgan fingerprint density at radius 2 is 1.88 bits per heavy atom. The summed E-state index contributed by atoms with van der Waals surface area (Å²) in [6, 6.07) is 10.1. The molecular formula is C25H31F3N2O2. The second-order valence-electron chi connectivity index (χ2n) is 9.98. The van der Waals surface area contributed by atoms with Crippen molar-refractivity contribution in [1.29, 1.82) is 0 Å². The van der Waals surface area contributed by atoms with Crippen molar-refractivity contribution in [3.63, 3.8) is 0 Å². The Balaban J connectivity index is 0.00000289. The molecule has 1 saturated carbocycles. The minimum absolute atomic E-state index is 0. The molecule has 2 heterocycles. The summed E-state index contributed by atoms with van der Waals surface area (Å²) in [5.41, 5.74) is 0.419. The normalized spacial score (nSPS) is 24.1. The molecule has 0 radical (unpaired) electrons. The SMILES string of the molecule is C.CC1(C)C[C@@H]2C[C@@](C)(CN2C(=O)c2cccc(COc3cccc(C(F)(F)F)c3)n2)C1. The highest BCUT2D eigenvalue weighted by molar-refractivity contribution is 5.92. The fourth-order valence-corrected chi connectivity index (χ4v) is 5.44. The second-order valence-corrected chi connectivity index (χ2v) is 9.98. The number of ether oxygens (including phenoxy) is 1. The van der Waals surface area contributed by atoms with Crippen molar-refractivity contribution in [3.8, 4) is 5.75 Å². The van der Waals surface area contributed by atoms with Gasteiger partial charge in [0.15, 0.2) is 0 Å². The maximum absolute atomic E-state index is 13.2. The van der Waals surface area contributed by atoms with Crippen molar-refractivity contribution in [2.45, 2.75) is 66.3 Å². The minimum Gasteiger partial charge on any atom is -0.487 e. The van der Waals surface area contributed by atoms with Crippen LogP contribution in [0.5, 0.6) is 5.75 Å². The molecule has 174 valence electrons. The van der Waals surface area contributed by atoms with Crippen LogP contribution in [-0.4, -0.2) is 28.4 Å². The molecule has 0 N–H and O–H groups in total. The average Bonchev–Trinajstić information content (AvgIpc) is 2.94. The van der Waals surface area contributed by atoms with Crippen LogP contribution in [-0.2, 0) is 12.8 Å². The standard InChI is InChI=1S/C24H27F3N2O2.CH4/c1-22(2)11-18-12-23(3,14-22)15-29(18)21(30)20-9-5-7-17(28-20)13-31-19-8-4-6-16(10-19)24(25,26)27;/h4-10,18H,11-15H2,1-3H3;1H4/t18-,23-;/m1./s1. The van der Waals surface area contributed by atoms with Gasteiger partial charge in [0.25, 0.3) is 5.91 Å². The van der Waals surface area contributed by atoms with Gasteiger partial charge in [-0.05, 0) is 60.4 Å². The summed E-state index contributed by atoms with van der Waals surface area (Å²) in [6.07, 6.45) is -1.34. The number of benzene rings is 1. The molecule has 2 fully saturated rings. The van der Waals surface area contributed by atoms with Crippen LogP contribution in [0.15, 0.2) is 42.5 Å². The van der Waals surface area contributed by atoms with Crippen molar-refractivity contribution < 1.29 is 22.7 Å². The van der Waals surface area contributed by atoms with Gasteiger partial charge in [-0.3, -0.25) is 4.79 Å². The lowest BCUT2D eigenvalue weighted by molar-refractivity contribution is -0.137. The number of likely N-dealkylation sites (tertiary alicyclic amines) is 1. The highest BCUT2D eigenvalue weighted by Gasteiger charge is 2.51. The highest BCUT2D eigenvalue weighted by atomic mass is 19.4. The molecule has 1 amide bonds. The van der Waals surface area contributed by atoms with Crippen molar-refractivity contribution in [2.24, 2.45) is 10.8 Å². The summed E-state index contributed by atoms with van der Waals surface area (Å²) in [5, 5.41) is 0. The van der Waals surface area contributed by atoms with E-state index in [1.807, 2.05) is 4.90 Å². The Morgan fingerprint density at radius 1 is 1.16 bits per heavy atom. The first-order valence-corrected chi connectivity index (χ1v) is 10.5. The number of hydrogen-bond acceptors (Lipinski definition) is 3. The molecule has 7 heteroatoms. The lowest BCUT2D eigenvalue weighted by Crippen LogP contribution is -2.38. The van der Waals surface area contributed by atoms with Gasteiger partial charge in [0.05, 0.1) is 11.3 Å². The number of pyridine rings is 1. The molecule has 0 spiro atoms. The molecule has 1 aromatic carbocycles. The van der Waals surface area contributed by atoms with E-state index >= 15 is 0 Å². The number of amides is 1. The number of rotatable bonds is 4. The molecule has 2 aliphatic rings. The Kier molecular flexibility index (Phi) is 6.33. The Labute approximate surface area is 187 Å². The van der Waals surface area contributed by atoms with Crippen LogP contribution < -0.4 is 4.74 Å². The van der Waals surface area contributed by atoms with Gasteiger partial charge >= 0.3 is 6.18 Å². The number of hydrogen-bond donors (Lipinski definition) is 0. The predicted molar refractivity (Wildman–Crippen MR) is 117 cm³/mol. The molecule has 1 aromatic heterocycles. The van der Waals surface area contributed by atoms with E-state index in [9.17, 15) is 18.0 Å². The zero-order valence-corrected chi connectivity index (χ0v) is 18.0. The van der Waals surface area contributed by atoms with Crippen LogP contribution in [0.25, 0.3) is 0 Å². The molecule has 4 rings (SSSR count). The number of alkyl halides is 3. The summed E-state index contributed by atoms with van der Waals surface area (Å²) in [4.78, 5) is 19.6. The van der Waals surface area contributed by atoms with Gasteiger partial charge in [0, 0.05) is 12.6 Å². The predicted octanol–water partition coefficient (Wildman–Crippen LogP) is 6.36. The second kappa shape index (κ2) is 8.41. The number of fused-ring (bicyclic) bond motifs is 2. The number of halogens is 3. The quantitative estimate of drug-likeness (QED) is 0.547. The number of nitrogens with zero attached hydrogens (tertiary/aromatic N) is 2. The Bertz CT molecular complexity index is 989. The molecule has 1 saturated heterocycles. The summed E-state index contributed by atoms with van der Waals surface area (Å²) < 4.78 is 44.1. The topological polar surface area (TPSA) is 42.4 Å². The van der Waals surface area contributed by atoms with E-state index in [-0.39, 0.29) is 42.6 Å². The average molecular weight is 449 g/mol. The molecule has 2 bridgehead atoms. The van der Waals surface area contributed by atoms with Crippen LogP contribution >= 0.6 is 0 Å². The van der Waals surface area contributed by atoms with E-state index < -0.39 is 11.7 Å². The van der Waals surface area contributed by atoms with Crippen LogP contribution in [0.2, 0.25) is 0 Å². The Morgan fingerprint density at radius 3 is 2.59 bits per heavy atom. The van der Waals surface area contributed by atoms with E-state index in [0.717, 1.165) is 37.9 Å². The fourth-order valence-electron chi connectivity index (χ4n) is 5.44. The summed E-state index contributed by atoms with van der Waals surface area (Å²) >= 11 is 0. The monoisotopic (exact) mass is 448 g/mol. The smallest absolute Gasteiger partial charge is 0.416 e. The van der Waals surface area contributed by atoms with Crippen LogP contribution in [0.3, 0.4) is 0 Å². The summed E-state index contributed by atoms with van der Waals surface area (Å²) in [7, 11) is 0. The summed E-state index contributed by atoms with van der Waals surface area (Å²) in [6.45, 7) is 7.48. The molecular weight excluding hydrogens is 417 g/mol. The number of aromatic nitrogens is 1. The third-order valence-electron chi connectivity index (χ3n) is 6.25. The summed E-state index contributed by atoms with van der Waals surface area (Å²) in [5.74, 6) is 0.0178. The van der Waals surface area contributed by atoms with Gasteiger partial charge in [0.2, 0.25) is 0 Å². The van der Waals surface area contributed by atoms with Gasteiger partial charge in [-0.15, -0.1) is 0 Å². The zero-order valence-electron chi connectivity index (χ0n) is 18.0. The zero-order chi connectivity index (χ0) is 22.4. The molecule has 2 atom stereocenters. The Hall–Kier alpha value is -2.57. The fraction of sp³-hybridized carbons (Fsp3) is 0.520. The van der Waals surface area contributed by atoms with E-state index in [0.29, 0.717) is 11.4 Å². The van der Waals surface area contributed by atoms with Gasteiger partial charge < -0.3 is 9.64 Å². The maximum atomic E-state index is 13.2. The molecule has 4 nitrogen and oxygen atoms in total. The van der Waals surface area contributed by atoms with Gasteiger partial charge in [0.1, 0.15) is 18.1 Å². The highest BCUT2D eigenvalue weighted by Crippen LogP contribution is 2.52. The van der Waals surface area contributed by atoms with Crippen molar-refractivity contribution in [2.75, 3.05) is 6.54 Å². The first kappa shape index (κ1) is 24.1. The van der Waals surface area contributed by atoms with Crippen LogP contribution in [0, 0.1) is 10.8 Å². The first-order chi connectivity index (χ1) is 14.4. The minimum atomic E-state index is -4.43. The molecule has 32 heavy (non-hydrogen) atoms. The molecule has 1 aliphatic carbocycles. The van der Waals surface area contributed by atoms with E-state index in [1.165, 1.54) is 12.1 Å². The van der Waals surface area contributed by atoms with E-state index in [1.54, 1.807) is 18.2 Å². The molecule has 2 aromatic rings. The molecule has 1 aliphatic heterocycles. The van der Waals surface area contributed by atoms with Gasteiger partial charge in [-0.25, -0.2) is 4.98 Å². The van der Waals surface area contributed by atoms with Crippen molar-refractivity contribution in [1.82, 2.24) is 9.88 Å².